The standard InChI is InChI=1S/C26H48O4/c1-25(27)29-23-21-19-17-15-13-11-9-7-5-3-4-6-8-10-12-14-16-18-20-22-24-30-26(2)28/h21,23H,3-20,22,24H2,1-2H3. The van der Waals surface area contributed by atoms with Gasteiger partial charge in [-0.15, -0.1) is 0 Å². The molecule has 0 radical (unpaired) electrons. The van der Waals surface area contributed by atoms with Gasteiger partial charge in [0.25, 0.3) is 0 Å². The number of carbonyl (C=O) groups is 2. The largest absolute Gasteiger partial charge is 0.466 e. The van der Waals surface area contributed by atoms with Crippen LogP contribution in [-0.4, -0.2) is 18.5 Å². The van der Waals surface area contributed by atoms with Crippen molar-refractivity contribution in [3.8, 4) is 0 Å². The average Bonchev–Trinajstić information content (AvgIpc) is 2.70. The molecule has 0 atom stereocenters. The van der Waals surface area contributed by atoms with Crippen LogP contribution in [0.1, 0.15) is 136 Å². The Hall–Kier alpha value is -1.32. The minimum absolute atomic E-state index is 0.162. The van der Waals surface area contributed by atoms with E-state index in [1.54, 1.807) is 0 Å². The van der Waals surface area contributed by atoms with Crippen molar-refractivity contribution in [3.63, 3.8) is 0 Å². The highest BCUT2D eigenvalue weighted by molar-refractivity contribution is 5.66. The van der Waals surface area contributed by atoms with E-state index in [2.05, 4.69) is 0 Å². The predicted molar refractivity (Wildman–Crippen MR) is 125 cm³/mol. The molecule has 0 spiro atoms. The number of allylic oxidation sites excluding steroid dienone is 1. The fourth-order valence-electron chi connectivity index (χ4n) is 3.62. The molecule has 0 heterocycles. The van der Waals surface area contributed by atoms with Crippen LogP contribution in [0.3, 0.4) is 0 Å². The van der Waals surface area contributed by atoms with Crippen molar-refractivity contribution in [1.29, 1.82) is 0 Å². The molecule has 0 unspecified atom stereocenters. The molecule has 30 heavy (non-hydrogen) atoms. The summed E-state index contributed by atoms with van der Waals surface area (Å²) in [6.45, 7) is 3.49. The van der Waals surface area contributed by atoms with Gasteiger partial charge in [0.2, 0.25) is 0 Å². The third-order valence-corrected chi connectivity index (χ3v) is 5.40. The number of ether oxygens (including phenoxy) is 2. The molecule has 4 heteroatoms. The third-order valence-electron chi connectivity index (χ3n) is 5.40. The van der Waals surface area contributed by atoms with Crippen molar-refractivity contribution in [2.75, 3.05) is 6.61 Å². The quantitative estimate of drug-likeness (QED) is 0.100. The Morgan fingerprint density at radius 3 is 1.27 bits per heavy atom. The Balaban J connectivity index is 3.06. The maximum Gasteiger partial charge on any atom is 0.307 e. The zero-order valence-corrected chi connectivity index (χ0v) is 19.9. The summed E-state index contributed by atoms with van der Waals surface area (Å²) in [5.74, 6) is -0.409. The van der Waals surface area contributed by atoms with E-state index in [4.69, 9.17) is 9.47 Å². The highest BCUT2D eigenvalue weighted by atomic mass is 16.5. The second-order valence-electron chi connectivity index (χ2n) is 8.47. The number of hydrogen-bond donors (Lipinski definition) is 0. The molecule has 0 fully saturated rings. The molecule has 0 N–H and O–H groups in total. The second kappa shape index (κ2) is 24.0. The van der Waals surface area contributed by atoms with Crippen LogP contribution in [0.2, 0.25) is 0 Å². The van der Waals surface area contributed by atoms with Crippen LogP contribution in [0.4, 0.5) is 0 Å². The Kier molecular flexibility index (Phi) is 22.9. The molecule has 0 rings (SSSR count). The monoisotopic (exact) mass is 424 g/mol. The maximum atomic E-state index is 10.6. The van der Waals surface area contributed by atoms with E-state index in [0.717, 1.165) is 12.8 Å². The van der Waals surface area contributed by atoms with E-state index in [1.807, 2.05) is 6.08 Å². The summed E-state index contributed by atoms with van der Waals surface area (Å²) in [6, 6.07) is 0. The lowest BCUT2D eigenvalue weighted by Crippen LogP contribution is -2.00. The first-order valence-corrected chi connectivity index (χ1v) is 12.6. The highest BCUT2D eigenvalue weighted by Crippen LogP contribution is 2.14. The highest BCUT2D eigenvalue weighted by Gasteiger charge is 1.96. The molecule has 0 saturated carbocycles. The number of esters is 2. The molecule has 0 aliphatic rings. The Morgan fingerprint density at radius 1 is 0.533 bits per heavy atom. The van der Waals surface area contributed by atoms with Gasteiger partial charge in [-0.2, -0.15) is 0 Å². The van der Waals surface area contributed by atoms with Gasteiger partial charge >= 0.3 is 11.9 Å². The van der Waals surface area contributed by atoms with Gasteiger partial charge in [0.05, 0.1) is 12.9 Å². The minimum Gasteiger partial charge on any atom is -0.466 e. The van der Waals surface area contributed by atoms with E-state index < -0.39 is 0 Å². The molecule has 0 aliphatic heterocycles. The zero-order chi connectivity index (χ0) is 22.1. The molecule has 0 aromatic heterocycles. The van der Waals surface area contributed by atoms with E-state index in [1.165, 1.54) is 129 Å². The van der Waals surface area contributed by atoms with E-state index in [0.29, 0.717) is 6.61 Å². The van der Waals surface area contributed by atoms with Crippen molar-refractivity contribution >= 4 is 11.9 Å². The van der Waals surface area contributed by atoms with Crippen molar-refractivity contribution < 1.29 is 19.1 Å². The summed E-state index contributed by atoms with van der Waals surface area (Å²) >= 11 is 0. The van der Waals surface area contributed by atoms with Crippen LogP contribution in [0.25, 0.3) is 0 Å². The van der Waals surface area contributed by atoms with Crippen LogP contribution < -0.4 is 0 Å². The molecular weight excluding hydrogens is 376 g/mol. The molecule has 0 saturated heterocycles. The van der Waals surface area contributed by atoms with Crippen molar-refractivity contribution in [3.05, 3.63) is 12.3 Å². The fraction of sp³-hybridized carbons (Fsp3) is 0.846. The van der Waals surface area contributed by atoms with Crippen LogP contribution in [0.15, 0.2) is 12.3 Å². The van der Waals surface area contributed by atoms with Crippen molar-refractivity contribution in [1.82, 2.24) is 0 Å². The third kappa shape index (κ3) is 26.7. The number of hydrogen-bond acceptors (Lipinski definition) is 4. The molecule has 0 amide bonds. The first kappa shape index (κ1) is 28.7. The van der Waals surface area contributed by atoms with Gasteiger partial charge in [-0.05, 0) is 25.3 Å². The second-order valence-corrected chi connectivity index (χ2v) is 8.47. The van der Waals surface area contributed by atoms with Crippen molar-refractivity contribution in [2.45, 2.75) is 136 Å². The normalized spacial score (nSPS) is 11.1. The van der Waals surface area contributed by atoms with Crippen LogP contribution in [-0.2, 0) is 19.1 Å². The lowest BCUT2D eigenvalue weighted by molar-refractivity contribution is -0.141. The number of carbonyl (C=O) groups excluding carboxylic acids is 2. The van der Waals surface area contributed by atoms with Gasteiger partial charge in [-0.25, -0.2) is 0 Å². The van der Waals surface area contributed by atoms with Gasteiger partial charge < -0.3 is 9.47 Å². The molecule has 0 bridgehead atoms. The zero-order valence-electron chi connectivity index (χ0n) is 19.9. The predicted octanol–water partition coefficient (Wildman–Crippen LogP) is 8.04. The van der Waals surface area contributed by atoms with Gasteiger partial charge in [-0.3, -0.25) is 9.59 Å². The molecule has 0 aromatic rings. The molecular formula is C26H48O4. The van der Waals surface area contributed by atoms with Crippen LogP contribution >= 0.6 is 0 Å². The maximum absolute atomic E-state index is 10.6. The average molecular weight is 425 g/mol. The Bertz CT molecular complexity index is 417. The summed E-state index contributed by atoms with van der Waals surface area (Å²) in [5, 5.41) is 0. The summed E-state index contributed by atoms with van der Waals surface area (Å²) in [5.41, 5.74) is 0. The first-order chi connectivity index (χ1) is 14.6. The topological polar surface area (TPSA) is 52.6 Å². The number of rotatable bonds is 22. The summed E-state index contributed by atoms with van der Waals surface area (Å²) in [4.78, 5) is 21.2. The van der Waals surface area contributed by atoms with Gasteiger partial charge in [0.15, 0.2) is 0 Å². The fourth-order valence-corrected chi connectivity index (χ4v) is 3.62. The minimum atomic E-state index is -0.247. The smallest absolute Gasteiger partial charge is 0.307 e. The number of unbranched alkanes of at least 4 members (excludes halogenated alkanes) is 18. The summed E-state index contributed by atoms with van der Waals surface area (Å²) in [6.07, 6.45) is 28.3. The van der Waals surface area contributed by atoms with Gasteiger partial charge in [0.1, 0.15) is 0 Å². The molecule has 176 valence electrons. The first-order valence-electron chi connectivity index (χ1n) is 12.6. The lowest BCUT2D eigenvalue weighted by Gasteiger charge is -2.04. The van der Waals surface area contributed by atoms with Crippen LogP contribution in [0, 0.1) is 0 Å². The lowest BCUT2D eigenvalue weighted by atomic mass is 10.0. The van der Waals surface area contributed by atoms with Crippen molar-refractivity contribution in [2.24, 2.45) is 0 Å². The molecule has 0 aromatic carbocycles. The molecule has 4 nitrogen and oxygen atoms in total. The SMILES string of the molecule is CC(=O)OC=CCCCCCCCCCCCCCCCCCCCCOC(C)=O. The summed E-state index contributed by atoms with van der Waals surface area (Å²) < 4.78 is 9.70. The summed E-state index contributed by atoms with van der Waals surface area (Å²) in [7, 11) is 0. The Morgan fingerprint density at radius 2 is 0.900 bits per heavy atom. The van der Waals surface area contributed by atoms with Crippen LogP contribution in [0.5, 0.6) is 0 Å². The Labute approximate surface area is 186 Å². The van der Waals surface area contributed by atoms with Gasteiger partial charge in [-0.1, -0.05) is 103 Å². The van der Waals surface area contributed by atoms with E-state index in [9.17, 15) is 9.59 Å². The van der Waals surface area contributed by atoms with Gasteiger partial charge in [0, 0.05) is 13.8 Å². The molecule has 0 aliphatic carbocycles. The van der Waals surface area contributed by atoms with E-state index in [-0.39, 0.29) is 11.9 Å². The van der Waals surface area contributed by atoms with E-state index >= 15 is 0 Å².